The van der Waals surface area contributed by atoms with Gasteiger partial charge in [-0.1, -0.05) is 30.3 Å². The number of aromatic nitrogens is 2. The Balaban J connectivity index is 1.74. The third-order valence-corrected chi connectivity index (χ3v) is 4.49. The Labute approximate surface area is 155 Å². The van der Waals surface area contributed by atoms with Crippen molar-refractivity contribution in [2.75, 3.05) is 13.6 Å². The van der Waals surface area contributed by atoms with E-state index in [4.69, 9.17) is 0 Å². The molecule has 0 atom stereocenters. The van der Waals surface area contributed by atoms with E-state index in [9.17, 15) is 5.11 Å². The third kappa shape index (κ3) is 4.46. The highest BCUT2D eigenvalue weighted by Gasteiger charge is 2.11. The van der Waals surface area contributed by atoms with Gasteiger partial charge in [-0.05, 0) is 51.1 Å². The summed E-state index contributed by atoms with van der Waals surface area (Å²) in [6, 6.07) is 16.1. The predicted molar refractivity (Wildman–Crippen MR) is 105 cm³/mol. The van der Waals surface area contributed by atoms with Gasteiger partial charge < -0.3 is 10.0 Å². The van der Waals surface area contributed by atoms with E-state index in [0.29, 0.717) is 12.3 Å². The van der Waals surface area contributed by atoms with Crippen LogP contribution in [0, 0.1) is 13.8 Å². The number of benzene rings is 2. The standard InChI is InChI=1S/C22H25N3O/c1-16-14-23-17(2)22(24-16)19-9-10-21(26)20(13-19)15-25(3)12-11-18-7-5-4-6-8-18/h4-10,13-14,26H,11-12,15H2,1-3H3. The highest BCUT2D eigenvalue weighted by molar-refractivity contribution is 5.64. The summed E-state index contributed by atoms with van der Waals surface area (Å²) in [4.78, 5) is 11.2. The van der Waals surface area contributed by atoms with Crippen molar-refractivity contribution in [3.8, 4) is 17.0 Å². The van der Waals surface area contributed by atoms with Crippen LogP contribution >= 0.6 is 0 Å². The molecule has 26 heavy (non-hydrogen) atoms. The largest absolute Gasteiger partial charge is 0.508 e. The zero-order valence-corrected chi connectivity index (χ0v) is 15.6. The average molecular weight is 347 g/mol. The average Bonchev–Trinajstić information content (AvgIpc) is 2.65. The van der Waals surface area contributed by atoms with Crippen LogP contribution in [0.1, 0.15) is 22.5 Å². The topological polar surface area (TPSA) is 49.3 Å². The van der Waals surface area contributed by atoms with Crippen molar-refractivity contribution in [3.63, 3.8) is 0 Å². The summed E-state index contributed by atoms with van der Waals surface area (Å²) in [5.74, 6) is 0.318. The molecule has 0 unspecified atom stereocenters. The number of hydrogen-bond donors (Lipinski definition) is 1. The molecule has 0 radical (unpaired) electrons. The van der Waals surface area contributed by atoms with Crippen molar-refractivity contribution in [1.29, 1.82) is 0 Å². The molecule has 0 aliphatic heterocycles. The Hall–Kier alpha value is -2.72. The maximum atomic E-state index is 10.3. The van der Waals surface area contributed by atoms with Crippen LogP contribution in [-0.4, -0.2) is 33.6 Å². The van der Waals surface area contributed by atoms with E-state index in [1.54, 1.807) is 12.3 Å². The van der Waals surface area contributed by atoms with Crippen LogP contribution in [0.5, 0.6) is 5.75 Å². The quantitative estimate of drug-likeness (QED) is 0.728. The van der Waals surface area contributed by atoms with Gasteiger partial charge in [-0.15, -0.1) is 0 Å². The third-order valence-electron chi connectivity index (χ3n) is 4.49. The first-order valence-electron chi connectivity index (χ1n) is 8.88. The Morgan fingerprint density at radius 3 is 2.58 bits per heavy atom. The molecule has 134 valence electrons. The normalized spacial score (nSPS) is 11.1. The lowest BCUT2D eigenvalue weighted by Crippen LogP contribution is -2.20. The minimum absolute atomic E-state index is 0.318. The summed E-state index contributed by atoms with van der Waals surface area (Å²) in [5.41, 5.74) is 5.87. The van der Waals surface area contributed by atoms with Gasteiger partial charge in [0.25, 0.3) is 0 Å². The van der Waals surface area contributed by atoms with Crippen LogP contribution in [0.4, 0.5) is 0 Å². The maximum Gasteiger partial charge on any atom is 0.120 e. The lowest BCUT2D eigenvalue weighted by molar-refractivity contribution is 0.324. The fourth-order valence-corrected chi connectivity index (χ4v) is 3.00. The summed E-state index contributed by atoms with van der Waals surface area (Å²) in [6.45, 7) is 5.51. The highest BCUT2D eigenvalue weighted by Crippen LogP contribution is 2.27. The molecule has 0 aliphatic carbocycles. The van der Waals surface area contributed by atoms with E-state index in [1.807, 2.05) is 32.0 Å². The van der Waals surface area contributed by atoms with Crippen LogP contribution < -0.4 is 0 Å². The number of aryl methyl sites for hydroxylation is 2. The first-order chi connectivity index (χ1) is 12.5. The molecule has 2 aromatic carbocycles. The first-order valence-corrected chi connectivity index (χ1v) is 8.88. The second-order valence-electron chi connectivity index (χ2n) is 6.76. The highest BCUT2D eigenvalue weighted by atomic mass is 16.3. The number of likely N-dealkylation sites (N-methyl/N-ethyl adjacent to an activating group) is 1. The van der Waals surface area contributed by atoms with Gasteiger partial charge in [0.05, 0.1) is 17.1 Å². The lowest BCUT2D eigenvalue weighted by Gasteiger charge is -2.18. The molecule has 1 aromatic heterocycles. The summed E-state index contributed by atoms with van der Waals surface area (Å²) in [6.07, 6.45) is 2.76. The van der Waals surface area contributed by atoms with E-state index in [-0.39, 0.29) is 0 Å². The van der Waals surface area contributed by atoms with Crippen LogP contribution in [0.3, 0.4) is 0 Å². The summed E-state index contributed by atoms with van der Waals surface area (Å²) in [5, 5.41) is 10.3. The zero-order valence-electron chi connectivity index (χ0n) is 15.6. The molecule has 0 aliphatic rings. The van der Waals surface area contributed by atoms with Crippen molar-refractivity contribution in [2.45, 2.75) is 26.8 Å². The summed E-state index contributed by atoms with van der Waals surface area (Å²) < 4.78 is 0. The van der Waals surface area contributed by atoms with E-state index >= 15 is 0 Å². The van der Waals surface area contributed by atoms with Crippen LogP contribution in [0.25, 0.3) is 11.3 Å². The molecule has 0 fully saturated rings. The van der Waals surface area contributed by atoms with Gasteiger partial charge >= 0.3 is 0 Å². The number of phenolic OH excluding ortho intramolecular Hbond substituents is 1. The van der Waals surface area contributed by atoms with E-state index in [2.05, 4.69) is 46.2 Å². The number of rotatable bonds is 6. The van der Waals surface area contributed by atoms with Gasteiger partial charge in [0.1, 0.15) is 5.75 Å². The number of nitrogens with zero attached hydrogens (tertiary/aromatic N) is 3. The fraction of sp³-hybridized carbons (Fsp3) is 0.273. The molecule has 3 rings (SSSR count). The Morgan fingerprint density at radius 2 is 1.81 bits per heavy atom. The molecular weight excluding hydrogens is 322 g/mol. The van der Waals surface area contributed by atoms with Gasteiger partial charge in [-0.25, -0.2) is 4.98 Å². The Kier molecular flexibility index (Phi) is 5.64. The molecule has 0 saturated carbocycles. The minimum Gasteiger partial charge on any atom is -0.508 e. The van der Waals surface area contributed by atoms with E-state index in [1.165, 1.54) is 5.56 Å². The molecule has 0 saturated heterocycles. The van der Waals surface area contributed by atoms with E-state index < -0.39 is 0 Å². The monoisotopic (exact) mass is 347 g/mol. The van der Waals surface area contributed by atoms with Crippen molar-refractivity contribution in [2.24, 2.45) is 0 Å². The summed E-state index contributed by atoms with van der Waals surface area (Å²) >= 11 is 0. The van der Waals surface area contributed by atoms with Crippen LogP contribution in [-0.2, 0) is 13.0 Å². The van der Waals surface area contributed by atoms with Crippen LogP contribution in [0.2, 0.25) is 0 Å². The SMILES string of the molecule is Cc1cnc(C)c(-c2ccc(O)c(CN(C)CCc3ccccc3)c2)n1. The van der Waals surface area contributed by atoms with E-state index in [0.717, 1.165) is 41.2 Å². The van der Waals surface area contributed by atoms with Gasteiger partial charge in [-0.2, -0.15) is 0 Å². The molecular formula is C22H25N3O. The van der Waals surface area contributed by atoms with Crippen molar-refractivity contribution in [3.05, 3.63) is 77.2 Å². The molecule has 1 heterocycles. The van der Waals surface area contributed by atoms with Crippen molar-refractivity contribution in [1.82, 2.24) is 14.9 Å². The second kappa shape index (κ2) is 8.11. The molecule has 4 heteroatoms. The molecule has 0 amide bonds. The minimum atomic E-state index is 0.318. The molecule has 1 N–H and O–H groups in total. The Morgan fingerprint density at radius 1 is 1.04 bits per heavy atom. The number of hydrogen-bond acceptors (Lipinski definition) is 4. The lowest BCUT2D eigenvalue weighted by atomic mass is 10.0. The zero-order chi connectivity index (χ0) is 18.5. The molecule has 0 bridgehead atoms. The molecule has 4 nitrogen and oxygen atoms in total. The second-order valence-corrected chi connectivity index (χ2v) is 6.76. The smallest absolute Gasteiger partial charge is 0.120 e. The molecule has 0 spiro atoms. The van der Waals surface area contributed by atoms with Gasteiger partial charge in [0.15, 0.2) is 0 Å². The first kappa shape index (κ1) is 18.1. The Bertz CT molecular complexity index is 878. The van der Waals surface area contributed by atoms with Crippen molar-refractivity contribution < 1.29 is 5.11 Å². The maximum absolute atomic E-state index is 10.3. The predicted octanol–water partition coefficient (Wildman–Crippen LogP) is 4.14. The van der Waals surface area contributed by atoms with Crippen LogP contribution in [0.15, 0.2) is 54.7 Å². The van der Waals surface area contributed by atoms with Gasteiger partial charge in [0.2, 0.25) is 0 Å². The molecule has 3 aromatic rings. The van der Waals surface area contributed by atoms with Crippen molar-refractivity contribution >= 4 is 0 Å². The number of aromatic hydroxyl groups is 1. The number of phenols is 1. The van der Waals surface area contributed by atoms with Gasteiger partial charge in [-0.3, -0.25) is 4.98 Å². The van der Waals surface area contributed by atoms with Gasteiger partial charge in [0, 0.05) is 30.4 Å². The fourth-order valence-electron chi connectivity index (χ4n) is 3.00. The summed E-state index contributed by atoms with van der Waals surface area (Å²) in [7, 11) is 2.08.